The fourth-order valence-electron chi connectivity index (χ4n) is 1.79. The molecule has 0 saturated carbocycles. The molecular formula is C15H13NO. The van der Waals surface area contributed by atoms with Gasteiger partial charge in [0, 0.05) is 0 Å². The molecule has 0 aliphatic rings. The van der Waals surface area contributed by atoms with Gasteiger partial charge in [-0.2, -0.15) is 5.26 Å². The molecule has 1 N–H and O–H groups in total. The van der Waals surface area contributed by atoms with Gasteiger partial charge >= 0.3 is 0 Å². The van der Waals surface area contributed by atoms with Gasteiger partial charge in [-0.25, -0.2) is 0 Å². The molecular weight excluding hydrogens is 210 g/mol. The zero-order valence-electron chi connectivity index (χ0n) is 9.64. The minimum atomic E-state index is 0.0689. The summed E-state index contributed by atoms with van der Waals surface area (Å²) in [6.45, 7) is 2.05. The Morgan fingerprint density at radius 1 is 1.06 bits per heavy atom. The Morgan fingerprint density at radius 2 is 1.71 bits per heavy atom. The van der Waals surface area contributed by atoms with E-state index in [0.29, 0.717) is 5.56 Å². The van der Waals surface area contributed by atoms with Gasteiger partial charge < -0.3 is 5.11 Å². The number of aryl methyl sites for hydroxylation is 1. The fourth-order valence-corrected chi connectivity index (χ4v) is 1.79. The molecule has 17 heavy (non-hydrogen) atoms. The van der Waals surface area contributed by atoms with Crippen LogP contribution in [0, 0.1) is 18.3 Å². The predicted octanol–water partition coefficient (Wildman–Crippen LogP) is 3.03. The van der Waals surface area contributed by atoms with E-state index in [0.717, 1.165) is 22.3 Å². The number of nitrogens with zero attached hydrogens (tertiary/aromatic N) is 1. The molecule has 0 aliphatic carbocycles. The molecule has 0 fully saturated rings. The maximum Gasteiger partial charge on any atom is 0.0991 e. The van der Waals surface area contributed by atoms with E-state index in [1.807, 2.05) is 49.4 Å². The third-order valence-corrected chi connectivity index (χ3v) is 2.86. The Morgan fingerprint density at radius 3 is 2.24 bits per heavy atom. The average molecular weight is 223 g/mol. The summed E-state index contributed by atoms with van der Waals surface area (Å²) in [6.07, 6.45) is 0. The van der Waals surface area contributed by atoms with Crippen LogP contribution in [0.4, 0.5) is 0 Å². The molecule has 2 aromatic carbocycles. The summed E-state index contributed by atoms with van der Waals surface area (Å²) in [5.41, 5.74) is 4.87. The van der Waals surface area contributed by atoms with Crippen molar-refractivity contribution in [2.75, 3.05) is 0 Å². The van der Waals surface area contributed by atoms with Crippen molar-refractivity contribution in [3.63, 3.8) is 0 Å². The van der Waals surface area contributed by atoms with Crippen molar-refractivity contribution in [3.8, 4) is 17.2 Å². The van der Waals surface area contributed by atoms with Gasteiger partial charge in [-0.15, -0.1) is 0 Å². The Bertz CT molecular complexity index is 564. The zero-order valence-corrected chi connectivity index (χ0v) is 9.64. The van der Waals surface area contributed by atoms with Crippen molar-refractivity contribution >= 4 is 0 Å². The first-order valence-corrected chi connectivity index (χ1v) is 5.45. The highest BCUT2D eigenvalue weighted by Crippen LogP contribution is 2.22. The predicted molar refractivity (Wildman–Crippen MR) is 67.3 cm³/mol. The van der Waals surface area contributed by atoms with Crippen LogP contribution in [0.3, 0.4) is 0 Å². The number of rotatable bonds is 2. The van der Waals surface area contributed by atoms with Crippen molar-refractivity contribution in [2.45, 2.75) is 13.5 Å². The van der Waals surface area contributed by atoms with Crippen molar-refractivity contribution in [2.24, 2.45) is 0 Å². The lowest BCUT2D eigenvalue weighted by Crippen LogP contribution is -1.89. The maximum absolute atomic E-state index is 9.11. The minimum absolute atomic E-state index is 0.0689. The fraction of sp³-hybridized carbons (Fsp3) is 0.133. The van der Waals surface area contributed by atoms with Crippen LogP contribution in [-0.4, -0.2) is 5.11 Å². The van der Waals surface area contributed by atoms with Gasteiger partial charge in [0.25, 0.3) is 0 Å². The van der Waals surface area contributed by atoms with Gasteiger partial charge in [-0.05, 0) is 41.3 Å². The van der Waals surface area contributed by atoms with E-state index in [1.165, 1.54) is 0 Å². The van der Waals surface area contributed by atoms with Crippen LogP contribution in [0.5, 0.6) is 0 Å². The van der Waals surface area contributed by atoms with Crippen molar-refractivity contribution in [3.05, 3.63) is 59.2 Å². The first-order valence-electron chi connectivity index (χ1n) is 5.45. The van der Waals surface area contributed by atoms with E-state index in [2.05, 4.69) is 6.07 Å². The summed E-state index contributed by atoms with van der Waals surface area (Å²) >= 11 is 0. The van der Waals surface area contributed by atoms with Crippen LogP contribution >= 0.6 is 0 Å². The van der Waals surface area contributed by atoms with Gasteiger partial charge in [-0.1, -0.05) is 30.3 Å². The topological polar surface area (TPSA) is 44.0 Å². The largest absolute Gasteiger partial charge is 0.392 e. The molecule has 0 bridgehead atoms. The second-order valence-corrected chi connectivity index (χ2v) is 3.99. The molecule has 0 spiro atoms. The first kappa shape index (κ1) is 11.4. The van der Waals surface area contributed by atoms with Crippen LogP contribution < -0.4 is 0 Å². The number of hydrogen-bond acceptors (Lipinski definition) is 2. The molecule has 84 valence electrons. The standard InChI is InChI=1S/C15H13NO/c1-11-8-14(6-7-15(11)10-17)13-4-2-12(9-16)3-5-13/h2-8,17H,10H2,1H3. The molecule has 2 aromatic rings. The second kappa shape index (κ2) is 4.82. The van der Waals surface area contributed by atoms with Gasteiger partial charge in [0.05, 0.1) is 18.2 Å². The van der Waals surface area contributed by atoms with Crippen molar-refractivity contribution < 1.29 is 5.11 Å². The van der Waals surface area contributed by atoms with E-state index in [1.54, 1.807) is 0 Å². The summed E-state index contributed by atoms with van der Waals surface area (Å²) in [4.78, 5) is 0. The van der Waals surface area contributed by atoms with Crippen molar-refractivity contribution in [1.29, 1.82) is 5.26 Å². The zero-order chi connectivity index (χ0) is 12.3. The average Bonchev–Trinajstić information content (AvgIpc) is 2.39. The molecule has 0 amide bonds. The molecule has 0 saturated heterocycles. The number of aliphatic hydroxyl groups is 1. The molecule has 0 aliphatic heterocycles. The normalized spacial score (nSPS) is 9.94. The summed E-state index contributed by atoms with van der Waals surface area (Å²) in [5.74, 6) is 0. The first-order chi connectivity index (χ1) is 8.24. The number of hydrogen-bond donors (Lipinski definition) is 1. The van der Waals surface area contributed by atoms with Gasteiger partial charge in [0.15, 0.2) is 0 Å². The van der Waals surface area contributed by atoms with Gasteiger partial charge in [0.2, 0.25) is 0 Å². The van der Waals surface area contributed by atoms with E-state index < -0.39 is 0 Å². The monoisotopic (exact) mass is 223 g/mol. The molecule has 2 nitrogen and oxygen atoms in total. The number of benzene rings is 2. The van der Waals surface area contributed by atoms with Crippen LogP contribution in [0.1, 0.15) is 16.7 Å². The van der Waals surface area contributed by atoms with Crippen LogP contribution in [0.25, 0.3) is 11.1 Å². The van der Waals surface area contributed by atoms with E-state index in [4.69, 9.17) is 10.4 Å². The van der Waals surface area contributed by atoms with Crippen LogP contribution in [0.2, 0.25) is 0 Å². The van der Waals surface area contributed by atoms with Crippen LogP contribution in [-0.2, 0) is 6.61 Å². The lowest BCUT2D eigenvalue weighted by atomic mass is 9.99. The third-order valence-electron chi connectivity index (χ3n) is 2.86. The summed E-state index contributed by atoms with van der Waals surface area (Å²) in [7, 11) is 0. The molecule has 0 heterocycles. The lowest BCUT2D eigenvalue weighted by Gasteiger charge is -2.06. The molecule has 0 aromatic heterocycles. The van der Waals surface area contributed by atoms with Crippen molar-refractivity contribution in [1.82, 2.24) is 0 Å². The summed E-state index contributed by atoms with van der Waals surface area (Å²) < 4.78 is 0. The SMILES string of the molecule is Cc1cc(-c2ccc(C#N)cc2)ccc1CO. The highest BCUT2D eigenvalue weighted by atomic mass is 16.3. The van der Waals surface area contributed by atoms with Gasteiger partial charge in [0.1, 0.15) is 0 Å². The second-order valence-electron chi connectivity index (χ2n) is 3.99. The molecule has 2 heteroatoms. The van der Waals surface area contributed by atoms with E-state index in [-0.39, 0.29) is 6.61 Å². The Balaban J connectivity index is 2.40. The number of aliphatic hydroxyl groups excluding tert-OH is 1. The third kappa shape index (κ3) is 2.35. The molecule has 0 radical (unpaired) electrons. The summed E-state index contributed by atoms with van der Waals surface area (Å²) in [5, 5.41) is 17.8. The quantitative estimate of drug-likeness (QED) is 0.850. The van der Waals surface area contributed by atoms with Gasteiger partial charge in [-0.3, -0.25) is 0 Å². The smallest absolute Gasteiger partial charge is 0.0991 e. The molecule has 2 rings (SSSR count). The molecule has 0 unspecified atom stereocenters. The maximum atomic E-state index is 9.11. The highest BCUT2D eigenvalue weighted by molar-refractivity contribution is 5.65. The molecule has 0 atom stereocenters. The lowest BCUT2D eigenvalue weighted by molar-refractivity contribution is 0.281. The number of nitriles is 1. The Kier molecular flexibility index (Phi) is 3.22. The van der Waals surface area contributed by atoms with E-state index >= 15 is 0 Å². The van der Waals surface area contributed by atoms with Crippen LogP contribution in [0.15, 0.2) is 42.5 Å². The Labute approximate surface area is 101 Å². The highest BCUT2D eigenvalue weighted by Gasteiger charge is 2.01. The summed E-state index contributed by atoms with van der Waals surface area (Å²) in [6, 6.07) is 15.6. The minimum Gasteiger partial charge on any atom is -0.392 e. The Hall–Kier alpha value is -2.11. The van der Waals surface area contributed by atoms with E-state index in [9.17, 15) is 0 Å².